The molecule has 3 aromatic rings. The predicted molar refractivity (Wildman–Crippen MR) is 113 cm³/mol. The fourth-order valence-electron chi connectivity index (χ4n) is 3.76. The van der Waals surface area contributed by atoms with Gasteiger partial charge < -0.3 is 15.0 Å². The van der Waals surface area contributed by atoms with Crippen LogP contribution >= 0.6 is 0 Å². The lowest BCUT2D eigenvalue weighted by Crippen LogP contribution is -2.34. The highest BCUT2D eigenvalue weighted by Crippen LogP contribution is 2.37. The second-order valence-electron chi connectivity index (χ2n) is 7.12. The van der Waals surface area contributed by atoms with Crippen LogP contribution in [0.3, 0.4) is 0 Å². The maximum absolute atomic E-state index is 12.9. The molecule has 0 aliphatic carbocycles. The average molecular weight is 388 g/mol. The number of aromatic nitrogens is 2. The number of nitrogens with one attached hydrogen (secondary N) is 1. The van der Waals surface area contributed by atoms with E-state index in [-0.39, 0.29) is 12.1 Å². The van der Waals surface area contributed by atoms with Crippen molar-refractivity contribution in [2.24, 2.45) is 0 Å². The number of nitrogens with zero attached hydrogens (tertiary/aromatic N) is 3. The molecule has 148 valence electrons. The van der Waals surface area contributed by atoms with Gasteiger partial charge in [0.15, 0.2) is 5.82 Å². The smallest absolute Gasteiger partial charge is 0.322 e. The molecule has 1 aromatic heterocycles. The van der Waals surface area contributed by atoms with Crippen molar-refractivity contribution in [3.05, 3.63) is 72.1 Å². The Kier molecular flexibility index (Phi) is 5.42. The predicted octanol–water partition coefficient (Wildman–Crippen LogP) is 4.83. The number of hydrogen-bond acceptors (Lipinski definition) is 4. The molecule has 1 aliphatic rings. The number of amides is 2. The maximum Gasteiger partial charge on any atom is 0.322 e. The summed E-state index contributed by atoms with van der Waals surface area (Å²) >= 11 is 0. The van der Waals surface area contributed by atoms with E-state index in [1.807, 2.05) is 66.4 Å². The van der Waals surface area contributed by atoms with Gasteiger partial charge in [-0.25, -0.2) is 14.8 Å². The third kappa shape index (κ3) is 4.06. The van der Waals surface area contributed by atoms with Gasteiger partial charge in [0.2, 0.25) is 0 Å². The number of anilines is 1. The van der Waals surface area contributed by atoms with Crippen molar-refractivity contribution in [3.63, 3.8) is 0 Å². The van der Waals surface area contributed by atoms with E-state index in [1.165, 1.54) is 0 Å². The van der Waals surface area contributed by atoms with Gasteiger partial charge in [0.05, 0.1) is 13.2 Å². The van der Waals surface area contributed by atoms with Crippen LogP contribution in [0.5, 0.6) is 5.75 Å². The van der Waals surface area contributed by atoms with Crippen molar-refractivity contribution >= 4 is 11.7 Å². The Hall–Kier alpha value is -3.41. The van der Waals surface area contributed by atoms with Crippen molar-refractivity contribution in [1.82, 2.24) is 14.9 Å². The molecule has 4 rings (SSSR count). The normalized spacial score (nSPS) is 15.9. The summed E-state index contributed by atoms with van der Waals surface area (Å²) < 4.78 is 5.50. The first-order valence-electron chi connectivity index (χ1n) is 9.76. The minimum Gasteiger partial charge on any atom is -0.496 e. The Morgan fingerprint density at radius 3 is 2.69 bits per heavy atom. The molecule has 2 aromatic carbocycles. The summed E-state index contributed by atoms with van der Waals surface area (Å²) in [7, 11) is 1.66. The van der Waals surface area contributed by atoms with Crippen LogP contribution in [-0.2, 0) is 0 Å². The van der Waals surface area contributed by atoms with Gasteiger partial charge in [-0.15, -0.1) is 0 Å². The Labute approximate surface area is 170 Å². The van der Waals surface area contributed by atoms with Crippen LogP contribution in [0, 0.1) is 6.92 Å². The minimum absolute atomic E-state index is 0.0196. The van der Waals surface area contributed by atoms with Crippen molar-refractivity contribution in [2.75, 3.05) is 19.0 Å². The summed E-state index contributed by atoms with van der Waals surface area (Å²) in [5.41, 5.74) is 3.63. The number of para-hydroxylation sites is 1. The van der Waals surface area contributed by atoms with E-state index in [0.717, 1.165) is 47.6 Å². The first kappa shape index (κ1) is 18.9. The van der Waals surface area contributed by atoms with Crippen LogP contribution in [-0.4, -0.2) is 34.6 Å². The van der Waals surface area contributed by atoms with Gasteiger partial charge in [0, 0.05) is 35.2 Å². The third-order valence-corrected chi connectivity index (χ3v) is 5.20. The second kappa shape index (κ2) is 8.31. The molecule has 0 saturated carbocycles. The summed E-state index contributed by atoms with van der Waals surface area (Å²) in [5.74, 6) is 1.50. The molecule has 6 heteroatoms. The van der Waals surface area contributed by atoms with Crippen molar-refractivity contribution in [1.29, 1.82) is 0 Å². The molecule has 2 amide bonds. The molecule has 1 saturated heterocycles. The molecule has 0 radical (unpaired) electrons. The first-order chi connectivity index (χ1) is 14.2. The molecular formula is C23H24N4O2. The SMILES string of the molecule is COc1ccccc1[C@@H]1CCCN1C(=O)Nc1ccc(-c2nccc(C)n2)cc1. The van der Waals surface area contributed by atoms with Crippen LogP contribution < -0.4 is 10.1 Å². The number of carbonyl (C=O) groups excluding carboxylic acids is 1. The van der Waals surface area contributed by atoms with Gasteiger partial charge in [-0.1, -0.05) is 18.2 Å². The number of likely N-dealkylation sites (tertiary alicyclic amines) is 1. The Balaban J connectivity index is 1.48. The van der Waals surface area contributed by atoms with E-state index in [2.05, 4.69) is 15.3 Å². The number of benzene rings is 2. The molecule has 6 nitrogen and oxygen atoms in total. The highest BCUT2D eigenvalue weighted by molar-refractivity contribution is 5.90. The lowest BCUT2D eigenvalue weighted by Gasteiger charge is -2.26. The summed E-state index contributed by atoms with van der Waals surface area (Å²) in [5, 5.41) is 3.02. The van der Waals surface area contributed by atoms with E-state index in [9.17, 15) is 4.79 Å². The number of ether oxygens (including phenoxy) is 1. The number of carbonyl (C=O) groups is 1. The zero-order valence-corrected chi connectivity index (χ0v) is 16.6. The summed E-state index contributed by atoms with van der Waals surface area (Å²) in [6.45, 7) is 2.66. The minimum atomic E-state index is -0.0991. The van der Waals surface area contributed by atoms with E-state index in [1.54, 1.807) is 13.3 Å². The van der Waals surface area contributed by atoms with Crippen LogP contribution in [0.2, 0.25) is 0 Å². The molecule has 1 atom stereocenters. The number of urea groups is 1. The van der Waals surface area contributed by atoms with Gasteiger partial charge in [-0.2, -0.15) is 0 Å². The zero-order chi connectivity index (χ0) is 20.2. The summed E-state index contributed by atoms with van der Waals surface area (Å²) in [4.78, 5) is 23.6. The first-order valence-corrected chi connectivity index (χ1v) is 9.76. The molecule has 1 aliphatic heterocycles. The van der Waals surface area contributed by atoms with Crippen LogP contribution in [0.4, 0.5) is 10.5 Å². The Morgan fingerprint density at radius 1 is 1.14 bits per heavy atom. The van der Waals surface area contributed by atoms with Crippen LogP contribution in [0.15, 0.2) is 60.8 Å². The highest BCUT2D eigenvalue weighted by Gasteiger charge is 2.31. The van der Waals surface area contributed by atoms with Gasteiger partial charge in [-0.05, 0) is 56.2 Å². The van der Waals surface area contributed by atoms with Gasteiger partial charge in [0.1, 0.15) is 5.75 Å². The maximum atomic E-state index is 12.9. The Morgan fingerprint density at radius 2 is 1.93 bits per heavy atom. The molecule has 0 bridgehead atoms. The lowest BCUT2D eigenvalue weighted by molar-refractivity contribution is 0.206. The molecule has 29 heavy (non-hydrogen) atoms. The summed E-state index contributed by atoms with van der Waals surface area (Å²) in [6.07, 6.45) is 3.65. The zero-order valence-electron chi connectivity index (χ0n) is 16.6. The quantitative estimate of drug-likeness (QED) is 0.695. The molecule has 1 N–H and O–H groups in total. The van der Waals surface area contributed by atoms with Crippen LogP contribution in [0.1, 0.15) is 30.1 Å². The number of aryl methyl sites for hydroxylation is 1. The molecular weight excluding hydrogens is 364 g/mol. The van der Waals surface area contributed by atoms with Gasteiger partial charge in [-0.3, -0.25) is 0 Å². The number of methoxy groups -OCH3 is 1. The fourth-order valence-corrected chi connectivity index (χ4v) is 3.76. The van der Waals surface area contributed by atoms with Crippen molar-refractivity contribution in [2.45, 2.75) is 25.8 Å². The molecule has 1 fully saturated rings. The largest absolute Gasteiger partial charge is 0.496 e. The summed E-state index contributed by atoms with van der Waals surface area (Å²) in [6, 6.07) is 17.3. The van der Waals surface area contributed by atoms with Crippen LogP contribution in [0.25, 0.3) is 11.4 Å². The Bertz CT molecular complexity index is 1000. The average Bonchev–Trinajstić information content (AvgIpc) is 3.24. The fraction of sp³-hybridized carbons (Fsp3) is 0.261. The van der Waals surface area contributed by atoms with Gasteiger partial charge >= 0.3 is 6.03 Å². The van der Waals surface area contributed by atoms with E-state index < -0.39 is 0 Å². The topological polar surface area (TPSA) is 67.3 Å². The standard InChI is InChI=1S/C23H24N4O2/c1-16-13-14-24-22(25-16)17-9-11-18(12-10-17)26-23(28)27-15-5-7-20(27)19-6-3-4-8-21(19)29-2/h3-4,6,8-14,20H,5,7,15H2,1-2H3,(H,26,28)/t20-/m0/s1. The van der Waals surface area contributed by atoms with E-state index >= 15 is 0 Å². The van der Waals surface area contributed by atoms with Crippen molar-refractivity contribution in [3.8, 4) is 17.1 Å². The van der Waals surface area contributed by atoms with E-state index in [0.29, 0.717) is 5.82 Å². The monoisotopic (exact) mass is 388 g/mol. The molecule has 0 spiro atoms. The van der Waals surface area contributed by atoms with Gasteiger partial charge in [0.25, 0.3) is 0 Å². The number of rotatable bonds is 4. The molecule has 2 heterocycles. The highest BCUT2D eigenvalue weighted by atomic mass is 16.5. The van der Waals surface area contributed by atoms with E-state index in [4.69, 9.17) is 4.74 Å². The lowest BCUT2D eigenvalue weighted by atomic mass is 10.0. The number of hydrogen-bond donors (Lipinski definition) is 1. The molecule has 0 unspecified atom stereocenters. The second-order valence-corrected chi connectivity index (χ2v) is 7.12. The van der Waals surface area contributed by atoms with Crippen molar-refractivity contribution < 1.29 is 9.53 Å². The third-order valence-electron chi connectivity index (χ3n) is 5.20.